The minimum Gasteiger partial charge on any atom is -0.369 e. The Morgan fingerprint density at radius 1 is 1.37 bits per heavy atom. The van der Waals surface area contributed by atoms with E-state index in [1.165, 1.54) is 0 Å². The predicted octanol–water partition coefficient (Wildman–Crippen LogP) is 2.55. The molecule has 0 spiro atoms. The maximum absolute atomic E-state index is 8.92. The molecule has 0 aliphatic heterocycles. The van der Waals surface area contributed by atoms with Gasteiger partial charge in [0.15, 0.2) is 5.82 Å². The second kappa shape index (κ2) is 5.83. The van der Waals surface area contributed by atoms with E-state index >= 15 is 0 Å². The van der Waals surface area contributed by atoms with Crippen LogP contribution in [0.15, 0.2) is 36.7 Å². The molecule has 0 atom stereocenters. The van der Waals surface area contributed by atoms with Gasteiger partial charge in [-0.1, -0.05) is 6.07 Å². The van der Waals surface area contributed by atoms with E-state index in [1.807, 2.05) is 37.1 Å². The van der Waals surface area contributed by atoms with E-state index < -0.39 is 0 Å². The van der Waals surface area contributed by atoms with Gasteiger partial charge in [0.05, 0.1) is 24.0 Å². The lowest BCUT2D eigenvalue weighted by atomic mass is 10.2. The SMILES string of the molecule is CCNc1cncc(N(C)c2cccc(C#N)c2)n1. The number of anilines is 3. The molecule has 0 amide bonds. The van der Waals surface area contributed by atoms with Crippen LogP contribution in [0.3, 0.4) is 0 Å². The van der Waals surface area contributed by atoms with Gasteiger partial charge >= 0.3 is 0 Å². The van der Waals surface area contributed by atoms with Crippen molar-refractivity contribution in [3.05, 3.63) is 42.2 Å². The zero-order valence-electron chi connectivity index (χ0n) is 11.0. The minimum atomic E-state index is 0.625. The highest BCUT2D eigenvalue weighted by Crippen LogP contribution is 2.22. The molecule has 1 aromatic heterocycles. The van der Waals surface area contributed by atoms with Crippen molar-refractivity contribution in [2.45, 2.75) is 6.92 Å². The van der Waals surface area contributed by atoms with Gasteiger partial charge in [-0.25, -0.2) is 4.98 Å². The lowest BCUT2D eigenvalue weighted by Gasteiger charge is -2.18. The van der Waals surface area contributed by atoms with Crippen molar-refractivity contribution in [3.63, 3.8) is 0 Å². The van der Waals surface area contributed by atoms with E-state index in [9.17, 15) is 0 Å². The molecule has 0 saturated carbocycles. The van der Waals surface area contributed by atoms with Gasteiger partial charge in [-0.2, -0.15) is 5.26 Å². The van der Waals surface area contributed by atoms with Crippen molar-refractivity contribution in [3.8, 4) is 6.07 Å². The topological polar surface area (TPSA) is 64.8 Å². The molecule has 2 aromatic rings. The number of benzene rings is 1. The lowest BCUT2D eigenvalue weighted by molar-refractivity contribution is 1.06. The fourth-order valence-electron chi connectivity index (χ4n) is 1.70. The molecule has 96 valence electrons. The first-order valence-electron chi connectivity index (χ1n) is 6.04. The van der Waals surface area contributed by atoms with Gasteiger partial charge in [0.1, 0.15) is 5.82 Å². The van der Waals surface area contributed by atoms with Crippen LogP contribution in [0.4, 0.5) is 17.3 Å². The summed E-state index contributed by atoms with van der Waals surface area (Å²) < 4.78 is 0. The molecule has 0 aliphatic rings. The van der Waals surface area contributed by atoms with Crippen molar-refractivity contribution < 1.29 is 0 Å². The summed E-state index contributed by atoms with van der Waals surface area (Å²) in [5.74, 6) is 1.47. The number of aromatic nitrogens is 2. The Morgan fingerprint density at radius 3 is 2.95 bits per heavy atom. The number of hydrogen-bond donors (Lipinski definition) is 1. The van der Waals surface area contributed by atoms with Crippen LogP contribution in [0.1, 0.15) is 12.5 Å². The van der Waals surface area contributed by atoms with Crippen LogP contribution in [0.25, 0.3) is 0 Å². The second-order valence-electron chi connectivity index (χ2n) is 4.01. The summed E-state index contributed by atoms with van der Waals surface area (Å²) in [6.45, 7) is 2.81. The lowest BCUT2D eigenvalue weighted by Crippen LogP contribution is -2.13. The average molecular weight is 253 g/mol. The van der Waals surface area contributed by atoms with Gasteiger partial charge in [-0.3, -0.25) is 4.98 Å². The van der Waals surface area contributed by atoms with E-state index in [-0.39, 0.29) is 0 Å². The molecule has 1 N–H and O–H groups in total. The fraction of sp³-hybridized carbons (Fsp3) is 0.214. The van der Waals surface area contributed by atoms with Gasteiger partial charge in [0, 0.05) is 19.3 Å². The highest BCUT2D eigenvalue weighted by molar-refractivity contribution is 5.61. The monoisotopic (exact) mass is 253 g/mol. The Kier molecular flexibility index (Phi) is 3.94. The van der Waals surface area contributed by atoms with Gasteiger partial charge in [0.2, 0.25) is 0 Å². The first-order chi connectivity index (χ1) is 9.24. The molecule has 0 fully saturated rings. The maximum atomic E-state index is 8.92. The van der Waals surface area contributed by atoms with Crippen LogP contribution >= 0.6 is 0 Å². The van der Waals surface area contributed by atoms with Gasteiger partial charge in [0.25, 0.3) is 0 Å². The van der Waals surface area contributed by atoms with Crippen molar-refractivity contribution >= 4 is 17.3 Å². The average Bonchev–Trinajstić information content (AvgIpc) is 2.47. The fourth-order valence-corrected chi connectivity index (χ4v) is 1.70. The van der Waals surface area contributed by atoms with Crippen LogP contribution in [-0.2, 0) is 0 Å². The summed E-state index contributed by atoms with van der Waals surface area (Å²) in [5, 5.41) is 12.0. The zero-order chi connectivity index (χ0) is 13.7. The molecule has 5 nitrogen and oxygen atoms in total. The Balaban J connectivity index is 2.30. The summed E-state index contributed by atoms with van der Waals surface area (Å²) in [6, 6.07) is 9.51. The molecule has 0 unspecified atom stereocenters. The Labute approximate surface area is 112 Å². The van der Waals surface area contributed by atoms with Crippen molar-refractivity contribution in [1.29, 1.82) is 5.26 Å². The largest absolute Gasteiger partial charge is 0.369 e. The number of nitriles is 1. The third-order valence-electron chi connectivity index (χ3n) is 2.69. The number of hydrogen-bond acceptors (Lipinski definition) is 5. The van der Waals surface area contributed by atoms with Gasteiger partial charge < -0.3 is 10.2 Å². The molecule has 5 heteroatoms. The zero-order valence-corrected chi connectivity index (χ0v) is 11.0. The van der Waals surface area contributed by atoms with Crippen LogP contribution < -0.4 is 10.2 Å². The van der Waals surface area contributed by atoms with Crippen LogP contribution in [-0.4, -0.2) is 23.6 Å². The molecule has 0 bridgehead atoms. The molecule has 0 radical (unpaired) electrons. The number of nitrogens with one attached hydrogen (secondary N) is 1. The van der Waals surface area contributed by atoms with Crippen molar-refractivity contribution in [2.24, 2.45) is 0 Å². The predicted molar refractivity (Wildman–Crippen MR) is 75.4 cm³/mol. The smallest absolute Gasteiger partial charge is 0.153 e. The standard InChI is InChI=1S/C14H15N5/c1-3-17-13-9-16-10-14(18-13)19(2)12-6-4-5-11(7-12)8-15/h4-7,9-10H,3H2,1-2H3,(H,17,18). The molecule has 0 saturated heterocycles. The minimum absolute atomic E-state index is 0.625. The molecule has 1 heterocycles. The summed E-state index contributed by atoms with van der Waals surface area (Å²) in [6.07, 6.45) is 3.38. The van der Waals surface area contributed by atoms with Crippen molar-refractivity contribution in [2.75, 3.05) is 23.8 Å². The first kappa shape index (κ1) is 12.8. The van der Waals surface area contributed by atoms with E-state index in [1.54, 1.807) is 18.5 Å². The molecule has 0 aliphatic carbocycles. The quantitative estimate of drug-likeness (QED) is 0.907. The highest BCUT2D eigenvalue weighted by atomic mass is 15.2. The Morgan fingerprint density at radius 2 is 2.21 bits per heavy atom. The molecule has 1 aromatic carbocycles. The summed E-state index contributed by atoms with van der Waals surface area (Å²) in [4.78, 5) is 10.5. The third-order valence-corrected chi connectivity index (χ3v) is 2.69. The molecule has 19 heavy (non-hydrogen) atoms. The number of nitrogens with zero attached hydrogens (tertiary/aromatic N) is 4. The van der Waals surface area contributed by atoms with Crippen LogP contribution in [0.5, 0.6) is 0 Å². The summed E-state index contributed by atoms with van der Waals surface area (Å²) in [5.41, 5.74) is 1.53. The molecular formula is C14H15N5. The highest BCUT2D eigenvalue weighted by Gasteiger charge is 2.07. The maximum Gasteiger partial charge on any atom is 0.153 e. The van der Waals surface area contributed by atoms with E-state index in [4.69, 9.17) is 5.26 Å². The normalized spacial score (nSPS) is 9.74. The summed E-state index contributed by atoms with van der Waals surface area (Å²) in [7, 11) is 1.90. The molecular weight excluding hydrogens is 238 g/mol. The van der Waals surface area contributed by atoms with Gasteiger partial charge in [-0.05, 0) is 25.1 Å². The first-order valence-corrected chi connectivity index (χ1v) is 6.04. The molecule has 2 rings (SSSR count). The van der Waals surface area contributed by atoms with Crippen molar-refractivity contribution in [1.82, 2.24) is 9.97 Å². The Bertz CT molecular complexity index is 603. The van der Waals surface area contributed by atoms with E-state index in [0.29, 0.717) is 5.56 Å². The summed E-state index contributed by atoms with van der Waals surface area (Å²) >= 11 is 0. The van der Waals surface area contributed by atoms with E-state index in [0.717, 1.165) is 23.9 Å². The van der Waals surface area contributed by atoms with Gasteiger partial charge in [-0.15, -0.1) is 0 Å². The van der Waals surface area contributed by atoms with Crippen LogP contribution in [0, 0.1) is 11.3 Å². The van der Waals surface area contributed by atoms with E-state index in [2.05, 4.69) is 21.4 Å². The third kappa shape index (κ3) is 2.99. The second-order valence-corrected chi connectivity index (χ2v) is 4.01. The Hall–Kier alpha value is -2.61. The number of rotatable bonds is 4. The van der Waals surface area contributed by atoms with Crippen LogP contribution in [0.2, 0.25) is 0 Å².